The summed E-state index contributed by atoms with van der Waals surface area (Å²) in [4.78, 5) is 15.0. The molecule has 4 heteroatoms. The molecule has 1 fully saturated rings. The molecule has 1 aliphatic heterocycles. The van der Waals surface area contributed by atoms with E-state index >= 15 is 0 Å². The number of likely N-dealkylation sites (tertiary alicyclic amines) is 1. The van der Waals surface area contributed by atoms with Gasteiger partial charge in [-0.15, -0.1) is 0 Å². The van der Waals surface area contributed by atoms with Crippen LogP contribution in [0.2, 0.25) is 0 Å². The van der Waals surface area contributed by atoms with Crippen LogP contribution >= 0.6 is 0 Å². The van der Waals surface area contributed by atoms with Gasteiger partial charge in [0.15, 0.2) is 0 Å². The topological polar surface area (TPSA) is 46.3 Å². The second kappa shape index (κ2) is 9.88. The minimum Gasteiger partial charge on any atom is -0.339 e. The molecular formula is C27H29FN2O. The molecule has 160 valence electrons. The van der Waals surface area contributed by atoms with Crippen molar-refractivity contribution in [3.05, 3.63) is 106 Å². The van der Waals surface area contributed by atoms with Crippen molar-refractivity contribution in [2.75, 3.05) is 13.1 Å². The molecule has 0 aromatic heterocycles. The van der Waals surface area contributed by atoms with Crippen molar-refractivity contribution in [3.63, 3.8) is 0 Å². The van der Waals surface area contributed by atoms with Crippen LogP contribution in [-0.2, 0) is 19.4 Å². The van der Waals surface area contributed by atoms with Crippen molar-refractivity contribution >= 4 is 5.91 Å². The van der Waals surface area contributed by atoms with E-state index in [4.69, 9.17) is 5.73 Å². The Bertz CT molecular complexity index is 1020. The number of rotatable bonds is 6. The minimum atomic E-state index is -0.216. The number of benzene rings is 3. The van der Waals surface area contributed by atoms with E-state index in [0.717, 1.165) is 61.0 Å². The zero-order chi connectivity index (χ0) is 21.6. The summed E-state index contributed by atoms with van der Waals surface area (Å²) in [5.41, 5.74) is 11.2. The Labute approximate surface area is 183 Å². The number of hydrogen-bond acceptors (Lipinski definition) is 2. The van der Waals surface area contributed by atoms with Gasteiger partial charge in [-0.25, -0.2) is 4.39 Å². The second-order valence-electron chi connectivity index (χ2n) is 8.34. The van der Waals surface area contributed by atoms with Gasteiger partial charge in [-0.05, 0) is 78.1 Å². The monoisotopic (exact) mass is 416 g/mol. The number of halogens is 1. The van der Waals surface area contributed by atoms with Crippen LogP contribution < -0.4 is 5.73 Å². The van der Waals surface area contributed by atoms with Crippen molar-refractivity contribution < 1.29 is 9.18 Å². The molecule has 1 aliphatic rings. The number of carbonyl (C=O) groups is 1. The van der Waals surface area contributed by atoms with Gasteiger partial charge in [0.1, 0.15) is 5.82 Å². The Hall–Kier alpha value is -2.98. The molecule has 0 radical (unpaired) electrons. The zero-order valence-electron chi connectivity index (χ0n) is 17.8. The van der Waals surface area contributed by atoms with E-state index < -0.39 is 0 Å². The third-order valence-electron chi connectivity index (χ3n) is 6.23. The molecular weight excluding hydrogens is 387 g/mol. The Balaban J connectivity index is 1.35. The van der Waals surface area contributed by atoms with Gasteiger partial charge in [0.2, 0.25) is 0 Å². The molecule has 4 rings (SSSR count). The summed E-state index contributed by atoms with van der Waals surface area (Å²) < 4.78 is 13.1. The minimum absolute atomic E-state index is 0.109. The maximum atomic E-state index is 13.1. The Kier molecular flexibility index (Phi) is 6.78. The fourth-order valence-corrected chi connectivity index (χ4v) is 4.37. The van der Waals surface area contributed by atoms with Gasteiger partial charge in [0.25, 0.3) is 5.91 Å². The lowest BCUT2D eigenvalue weighted by molar-refractivity contribution is 0.0713. The van der Waals surface area contributed by atoms with Gasteiger partial charge >= 0.3 is 0 Å². The van der Waals surface area contributed by atoms with E-state index in [0.29, 0.717) is 12.5 Å². The fraction of sp³-hybridized carbons (Fsp3) is 0.296. The number of piperidine rings is 1. The number of hydrogen-bond donors (Lipinski definition) is 1. The molecule has 3 aromatic carbocycles. The van der Waals surface area contributed by atoms with Gasteiger partial charge in [0, 0.05) is 25.2 Å². The van der Waals surface area contributed by atoms with Gasteiger partial charge in [0.05, 0.1) is 0 Å². The first-order chi connectivity index (χ1) is 15.1. The van der Waals surface area contributed by atoms with Gasteiger partial charge in [-0.2, -0.15) is 0 Å². The highest BCUT2D eigenvalue weighted by Crippen LogP contribution is 2.29. The Morgan fingerprint density at radius 1 is 0.871 bits per heavy atom. The lowest BCUT2D eigenvalue weighted by atomic mass is 9.88. The summed E-state index contributed by atoms with van der Waals surface area (Å²) in [6.07, 6.45) is 3.60. The summed E-state index contributed by atoms with van der Waals surface area (Å²) in [6.45, 7) is 2.11. The summed E-state index contributed by atoms with van der Waals surface area (Å²) in [5, 5.41) is 0. The SMILES string of the molecule is NCc1cccc(C2CCN(C(=O)c3cccc(CCc4ccc(F)cc4)c3)CC2)c1. The highest BCUT2D eigenvalue weighted by Gasteiger charge is 2.24. The maximum Gasteiger partial charge on any atom is 0.253 e. The van der Waals surface area contributed by atoms with Crippen LogP contribution in [0, 0.1) is 5.82 Å². The summed E-state index contributed by atoms with van der Waals surface area (Å²) in [7, 11) is 0. The van der Waals surface area contributed by atoms with Crippen LogP contribution in [0.5, 0.6) is 0 Å². The van der Waals surface area contributed by atoms with Crippen molar-refractivity contribution in [3.8, 4) is 0 Å². The Morgan fingerprint density at radius 3 is 2.29 bits per heavy atom. The van der Waals surface area contributed by atoms with Gasteiger partial charge < -0.3 is 10.6 Å². The molecule has 0 bridgehead atoms. The first-order valence-electron chi connectivity index (χ1n) is 11.0. The van der Waals surface area contributed by atoms with Crippen LogP contribution in [0.15, 0.2) is 72.8 Å². The van der Waals surface area contributed by atoms with E-state index in [1.807, 2.05) is 35.2 Å². The zero-order valence-corrected chi connectivity index (χ0v) is 17.8. The van der Waals surface area contributed by atoms with Crippen LogP contribution in [0.4, 0.5) is 4.39 Å². The second-order valence-corrected chi connectivity index (χ2v) is 8.34. The van der Waals surface area contributed by atoms with E-state index in [1.54, 1.807) is 0 Å². The molecule has 1 saturated heterocycles. The molecule has 3 aromatic rings. The molecule has 0 unspecified atom stereocenters. The van der Waals surface area contributed by atoms with Crippen LogP contribution in [0.1, 0.15) is 51.4 Å². The van der Waals surface area contributed by atoms with Crippen molar-refractivity contribution in [2.45, 2.75) is 38.1 Å². The first kappa shape index (κ1) is 21.3. The predicted octanol–water partition coefficient (Wildman–Crippen LogP) is 5.09. The number of amides is 1. The fourth-order valence-electron chi connectivity index (χ4n) is 4.37. The quantitative estimate of drug-likeness (QED) is 0.608. The van der Waals surface area contributed by atoms with Crippen LogP contribution in [0.25, 0.3) is 0 Å². The van der Waals surface area contributed by atoms with Gasteiger partial charge in [-0.1, -0.05) is 48.5 Å². The standard InChI is InChI=1S/C27H29FN2O/c28-26-11-9-20(10-12-26)7-8-21-3-1-6-25(17-21)27(31)30-15-13-23(14-16-30)24-5-2-4-22(18-24)19-29/h1-6,9-12,17-18,23H,7-8,13-16,19,29H2. The number of carbonyl (C=O) groups excluding carboxylic acids is 1. The van der Waals surface area contributed by atoms with Crippen LogP contribution in [0.3, 0.4) is 0 Å². The lowest BCUT2D eigenvalue weighted by Crippen LogP contribution is -2.38. The molecule has 0 aliphatic carbocycles. The first-order valence-corrected chi connectivity index (χ1v) is 11.0. The number of aryl methyl sites for hydroxylation is 2. The molecule has 1 heterocycles. The molecule has 0 saturated carbocycles. The van der Waals surface area contributed by atoms with Crippen molar-refractivity contribution in [1.82, 2.24) is 4.90 Å². The largest absolute Gasteiger partial charge is 0.339 e. The average Bonchev–Trinajstić information content (AvgIpc) is 2.83. The average molecular weight is 417 g/mol. The third-order valence-corrected chi connectivity index (χ3v) is 6.23. The van der Waals surface area contributed by atoms with E-state index in [9.17, 15) is 9.18 Å². The van der Waals surface area contributed by atoms with E-state index in [1.165, 1.54) is 17.7 Å². The maximum absolute atomic E-state index is 13.1. The molecule has 31 heavy (non-hydrogen) atoms. The van der Waals surface area contributed by atoms with E-state index in [-0.39, 0.29) is 11.7 Å². The van der Waals surface area contributed by atoms with Crippen molar-refractivity contribution in [1.29, 1.82) is 0 Å². The highest BCUT2D eigenvalue weighted by atomic mass is 19.1. The summed E-state index contributed by atoms with van der Waals surface area (Å²) in [6, 6.07) is 23.0. The number of nitrogens with zero attached hydrogens (tertiary/aromatic N) is 1. The number of nitrogens with two attached hydrogens (primary N) is 1. The lowest BCUT2D eigenvalue weighted by Gasteiger charge is -2.32. The normalized spacial score (nSPS) is 14.6. The summed E-state index contributed by atoms with van der Waals surface area (Å²) >= 11 is 0. The molecule has 3 nitrogen and oxygen atoms in total. The van der Waals surface area contributed by atoms with E-state index in [2.05, 4.69) is 30.3 Å². The molecule has 0 atom stereocenters. The smallest absolute Gasteiger partial charge is 0.253 e. The third kappa shape index (κ3) is 5.39. The van der Waals surface area contributed by atoms with Crippen molar-refractivity contribution in [2.24, 2.45) is 5.73 Å². The highest BCUT2D eigenvalue weighted by molar-refractivity contribution is 5.94. The Morgan fingerprint density at radius 2 is 1.55 bits per heavy atom. The molecule has 1 amide bonds. The molecule has 0 spiro atoms. The van der Waals surface area contributed by atoms with Crippen LogP contribution in [-0.4, -0.2) is 23.9 Å². The molecule has 2 N–H and O–H groups in total. The predicted molar refractivity (Wildman–Crippen MR) is 122 cm³/mol. The summed E-state index contributed by atoms with van der Waals surface area (Å²) in [5.74, 6) is 0.377. The van der Waals surface area contributed by atoms with Gasteiger partial charge in [-0.3, -0.25) is 4.79 Å².